The number of amides is 1. The molecule has 0 radical (unpaired) electrons. The molecule has 0 aliphatic carbocycles. The molecule has 29 heavy (non-hydrogen) atoms. The van der Waals surface area contributed by atoms with Gasteiger partial charge in [-0.3, -0.25) is 9.78 Å². The molecule has 0 aliphatic heterocycles. The first kappa shape index (κ1) is 18.8. The zero-order valence-corrected chi connectivity index (χ0v) is 16.2. The zero-order chi connectivity index (χ0) is 19.9. The van der Waals surface area contributed by atoms with E-state index >= 15 is 0 Å². The first-order valence-corrected chi connectivity index (χ1v) is 9.88. The van der Waals surface area contributed by atoms with Crippen molar-refractivity contribution < 1.29 is 4.79 Å². The van der Waals surface area contributed by atoms with Crippen LogP contribution >= 0.6 is 0 Å². The summed E-state index contributed by atoms with van der Waals surface area (Å²) >= 11 is 0. The number of rotatable bonds is 7. The molecular weight excluding hydrogens is 358 g/mol. The van der Waals surface area contributed by atoms with E-state index in [2.05, 4.69) is 22.1 Å². The average Bonchev–Trinajstić information content (AvgIpc) is 2.79. The van der Waals surface area contributed by atoms with Crippen LogP contribution in [0.15, 0.2) is 91.1 Å². The highest BCUT2D eigenvalue weighted by molar-refractivity contribution is 5.94. The fourth-order valence-corrected chi connectivity index (χ4v) is 3.41. The number of aryl methyl sites for hydroxylation is 1. The van der Waals surface area contributed by atoms with Gasteiger partial charge in [0.05, 0.1) is 17.8 Å². The molecule has 0 fully saturated rings. The van der Waals surface area contributed by atoms with E-state index in [1.165, 1.54) is 5.56 Å². The lowest BCUT2D eigenvalue weighted by atomic mass is 10.1. The van der Waals surface area contributed by atoms with Gasteiger partial charge < -0.3 is 4.90 Å². The average molecular weight is 381 g/mol. The van der Waals surface area contributed by atoms with E-state index in [4.69, 9.17) is 0 Å². The van der Waals surface area contributed by atoms with Gasteiger partial charge in [-0.15, -0.1) is 0 Å². The van der Waals surface area contributed by atoms with E-state index in [0.717, 1.165) is 29.4 Å². The number of benzene rings is 2. The van der Waals surface area contributed by atoms with Gasteiger partial charge in [0.1, 0.15) is 5.69 Å². The number of hydrogen-bond donors (Lipinski definition) is 0. The van der Waals surface area contributed by atoms with Gasteiger partial charge >= 0.3 is 0 Å². The number of aromatic nitrogens is 2. The lowest BCUT2D eigenvalue weighted by molar-refractivity contribution is 0.0733. The molecule has 0 N–H and O–H groups in total. The van der Waals surface area contributed by atoms with Crippen LogP contribution in [0, 0.1) is 0 Å². The Morgan fingerprint density at radius 3 is 2.45 bits per heavy atom. The Kier molecular flexibility index (Phi) is 5.91. The summed E-state index contributed by atoms with van der Waals surface area (Å²) in [4.78, 5) is 24.1. The second-order valence-corrected chi connectivity index (χ2v) is 7.03. The van der Waals surface area contributed by atoms with E-state index < -0.39 is 0 Å². The second kappa shape index (κ2) is 9.11. The lowest BCUT2D eigenvalue weighted by Crippen LogP contribution is -2.32. The van der Waals surface area contributed by atoms with Crippen LogP contribution in [-0.4, -0.2) is 27.3 Å². The van der Waals surface area contributed by atoms with Gasteiger partial charge in [-0.2, -0.15) is 0 Å². The smallest absolute Gasteiger partial charge is 0.272 e. The summed E-state index contributed by atoms with van der Waals surface area (Å²) in [7, 11) is 0. The lowest BCUT2D eigenvalue weighted by Gasteiger charge is -2.22. The minimum Gasteiger partial charge on any atom is -0.331 e. The van der Waals surface area contributed by atoms with Crippen LogP contribution in [0.5, 0.6) is 0 Å². The molecule has 4 rings (SSSR count). The minimum atomic E-state index is -0.0607. The maximum atomic E-state index is 13.3. The summed E-state index contributed by atoms with van der Waals surface area (Å²) in [5.74, 6) is -0.0607. The van der Waals surface area contributed by atoms with Gasteiger partial charge in [0.25, 0.3) is 5.91 Å². The molecule has 0 unspecified atom stereocenters. The number of hydrogen-bond acceptors (Lipinski definition) is 3. The molecule has 0 saturated heterocycles. The van der Waals surface area contributed by atoms with Crippen molar-refractivity contribution in [2.75, 3.05) is 6.54 Å². The normalized spacial score (nSPS) is 10.8. The maximum Gasteiger partial charge on any atom is 0.272 e. The fourth-order valence-electron chi connectivity index (χ4n) is 3.41. The van der Waals surface area contributed by atoms with Gasteiger partial charge in [0, 0.05) is 18.1 Å². The van der Waals surface area contributed by atoms with Gasteiger partial charge in [-0.1, -0.05) is 60.7 Å². The van der Waals surface area contributed by atoms with Crippen LogP contribution in [-0.2, 0) is 13.0 Å². The summed E-state index contributed by atoms with van der Waals surface area (Å²) in [6, 6.07) is 27.8. The van der Waals surface area contributed by atoms with Crippen molar-refractivity contribution in [3.05, 3.63) is 108 Å². The van der Waals surface area contributed by atoms with Gasteiger partial charge in [-0.25, -0.2) is 4.98 Å². The molecule has 4 heteroatoms. The van der Waals surface area contributed by atoms with Crippen molar-refractivity contribution >= 4 is 16.8 Å². The van der Waals surface area contributed by atoms with Crippen LogP contribution in [0.1, 0.15) is 28.2 Å². The summed E-state index contributed by atoms with van der Waals surface area (Å²) in [6.07, 6.45) is 3.57. The Labute approximate surface area is 170 Å². The highest BCUT2D eigenvalue weighted by Crippen LogP contribution is 2.15. The number of carbonyl (C=O) groups is 1. The third kappa shape index (κ3) is 4.85. The third-order valence-electron chi connectivity index (χ3n) is 4.92. The molecule has 0 spiro atoms. The quantitative estimate of drug-likeness (QED) is 0.457. The fraction of sp³-hybridized carbons (Fsp3) is 0.160. The summed E-state index contributed by atoms with van der Waals surface area (Å²) < 4.78 is 0. The van der Waals surface area contributed by atoms with Crippen molar-refractivity contribution in [2.24, 2.45) is 0 Å². The summed E-state index contributed by atoms with van der Waals surface area (Å²) in [5.41, 5.74) is 3.46. The Morgan fingerprint density at radius 2 is 1.62 bits per heavy atom. The van der Waals surface area contributed by atoms with E-state index in [9.17, 15) is 4.79 Å². The minimum absolute atomic E-state index is 0.0607. The monoisotopic (exact) mass is 381 g/mol. The van der Waals surface area contributed by atoms with E-state index in [1.807, 2.05) is 77.7 Å². The molecule has 0 aliphatic rings. The predicted molar refractivity (Wildman–Crippen MR) is 115 cm³/mol. The topological polar surface area (TPSA) is 46.1 Å². The first-order valence-electron chi connectivity index (χ1n) is 9.88. The number of fused-ring (bicyclic) bond motifs is 1. The molecule has 1 amide bonds. The highest BCUT2D eigenvalue weighted by atomic mass is 16.2. The van der Waals surface area contributed by atoms with Crippen molar-refractivity contribution in [1.82, 2.24) is 14.9 Å². The standard InChI is InChI=1S/C25H23N3O/c29-25(24-16-15-21-12-4-5-14-23(21)27-24)28(19-22-13-6-7-17-26-22)18-8-11-20-9-2-1-3-10-20/h1-7,9-10,12-17H,8,11,18-19H2. The first-order chi connectivity index (χ1) is 14.3. The number of nitrogens with zero attached hydrogens (tertiary/aromatic N) is 3. The summed E-state index contributed by atoms with van der Waals surface area (Å²) in [6.45, 7) is 1.13. The molecule has 0 atom stereocenters. The van der Waals surface area contributed by atoms with Gasteiger partial charge in [0.15, 0.2) is 0 Å². The van der Waals surface area contributed by atoms with Crippen molar-refractivity contribution in [2.45, 2.75) is 19.4 Å². The van der Waals surface area contributed by atoms with Crippen LogP contribution in [0.4, 0.5) is 0 Å². The molecule has 2 heterocycles. The second-order valence-electron chi connectivity index (χ2n) is 7.03. The van der Waals surface area contributed by atoms with Gasteiger partial charge in [0.2, 0.25) is 0 Å². The Hall–Kier alpha value is -3.53. The zero-order valence-electron chi connectivity index (χ0n) is 16.2. The number of para-hydroxylation sites is 1. The molecule has 2 aromatic heterocycles. The Bertz CT molecular complexity index is 1080. The van der Waals surface area contributed by atoms with Crippen molar-refractivity contribution in [3.63, 3.8) is 0 Å². The molecule has 0 saturated carbocycles. The largest absolute Gasteiger partial charge is 0.331 e. The predicted octanol–water partition coefficient (Wildman–Crippen LogP) is 4.91. The van der Waals surface area contributed by atoms with E-state index in [-0.39, 0.29) is 5.91 Å². The molecule has 4 nitrogen and oxygen atoms in total. The third-order valence-corrected chi connectivity index (χ3v) is 4.92. The SMILES string of the molecule is O=C(c1ccc2ccccc2n1)N(CCCc1ccccc1)Cc1ccccn1. The Balaban J connectivity index is 1.53. The molecule has 0 bridgehead atoms. The van der Waals surface area contributed by atoms with Crippen LogP contribution in [0.2, 0.25) is 0 Å². The van der Waals surface area contributed by atoms with Crippen LogP contribution in [0.25, 0.3) is 10.9 Å². The molecule has 4 aromatic rings. The number of carbonyl (C=O) groups excluding carboxylic acids is 1. The highest BCUT2D eigenvalue weighted by Gasteiger charge is 2.18. The Morgan fingerprint density at radius 1 is 0.828 bits per heavy atom. The van der Waals surface area contributed by atoms with E-state index in [1.54, 1.807) is 6.20 Å². The molecular formula is C25H23N3O. The molecule has 144 valence electrons. The maximum absolute atomic E-state index is 13.3. The van der Waals surface area contributed by atoms with Crippen molar-refractivity contribution in [1.29, 1.82) is 0 Å². The molecule has 2 aromatic carbocycles. The van der Waals surface area contributed by atoms with Gasteiger partial charge in [-0.05, 0) is 42.7 Å². The van der Waals surface area contributed by atoms with Crippen molar-refractivity contribution in [3.8, 4) is 0 Å². The number of pyridine rings is 2. The van der Waals surface area contributed by atoms with Crippen LogP contribution < -0.4 is 0 Å². The van der Waals surface area contributed by atoms with E-state index in [0.29, 0.717) is 18.8 Å². The summed E-state index contributed by atoms with van der Waals surface area (Å²) in [5, 5.41) is 1.03. The van der Waals surface area contributed by atoms with Crippen LogP contribution in [0.3, 0.4) is 0 Å².